The molecule has 23 heavy (non-hydrogen) atoms. The number of hydrogen-bond acceptors (Lipinski definition) is 4. The minimum atomic E-state index is 0.855. The molecule has 0 amide bonds. The Morgan fingerprint density at radius 2 is 1.83 bits per heavy atom. The third-order valence-corrected chi connectivity index (χ3v) is 4.22. The lowest BCUT2D eigenvalue weighted by molar-refractivity contribution is 1.30. The van der Waals surface area contributed by atoms with Gasteiger partial charge in [0.1, 0.15) is 0 Å². The van der Waals surface area contributed by atoms with Gasteiger partial charge in [-0.1, -0.05) is 17.9 Å². The average Bonchev–Trinajstić information content (AvgIpc) is 3.15. The van der Waals surface area contributed by atoms with Gasteiger partial charge in [0.05, 0.1) is 27.8 Å². The summed E-state index contributed by atoms with van der Waals surface area (Å²) in [6.07, 6.45) is 5.31. The molecule has 4 aromatic rings. The number of aromatic nitrogens is 3. The highest BCUT2D eigenvalue weighted by atomic mass is 32.1. The first-order valence-corrected chi connectivity index (χ1v) is 7.99. The van der Waals surface area contributed by atoms with Crippen LogP contribution < -0.4 is 0 Å². The molecule has 3 heterocycles. The van der Waals surface area contributed by atoms with Crippen LogP contribution in [-0.2, 0) is 0 Å². The first kappa shape index (κ1) is 13.6. The molecular formula is C19H11N3S. The van der Waals surface area contributed by atoms with Gasteiger partial charge in [0, 0.05) is 23.5 Å². The molecule has 0 aliphatic heterocycles. The maximum atomic E-state index is 4.70. The van der Waals surface area contributed by atoms with Crippen molar-refractivity contribution in [2.75, 3.05) is 0 Å². The molecule has 0 spiro atoms. The largest absolute Gasteiger partial charge is 0.263 e. The molecule has 0 radical (unpaired) electrons. The number of nitrogens with zero attached hydrogens (tertiary/aromatic N) is 3. The molecule has 0 fully saturated rings. The molecule has 3 nitrogen and oxygen atoms in total. The van der Waals surface area contributed by atoms with Crippen LogP contribution in [0.3, 0.4) is 0 Å². The zero-order valence-corrected chi connectivity index (χ0v) is 12.9. The Hall–Kier alpha value is -3.03. The Morgan fingerprint density at radius 1 is 0.870 bits per heavy atom. The number of rotatable bonds is 1. The fourth-order valence-corrected chi connectivity index (χ4v) is 2.89. The number of benzene rings is 1. The van der Waals surface area contributed by atoms with E-state index in [0.29, 0.717) is 0 Å². The standard InChI is InChI=1S/C19H11N3S/c1-3-15(12-20-9-1)6-5-14-7-8-16-17(11-14)22-18(13-21-16)19-4-2-10-23-19/h1-4,7-13H. The normalized spacial score (nSPS) is 10.3. The number of hydrogen-bond donors (Lipinski definition) is 0. The molecule has 4 heteroatoms. The zero-order chi connectivity index (χ0) is 15.5. The summed E-state index contributed by atoms with van der Waals surface area (Å²) in [5, 5.41) is 2.04. The molecule has 0 unspecified atom stereocenters. The summed E-state index contributed by atoms with van der Waals surface area (Å²) in [5.74, 6) is 6.26. The van der Waals surface area contributed by atoms with E-state index in [1.54, 1.807) is 23.7 Å². The maximum Gasteiger partial charge on any atom is 0.0992 e. The minimum absolute atomic E-state index is 0.855. The van der Waals surface area contributed by atoms with E-state index in [2.05, 4.69) is 21.8 Å². The van der Waals surface area contributed by atoms with Gasteiger partial charge in [0.2, 0.25) is 0 Å². The van der Waals surface area contributed by atoms with Crippen LogP contribution in [0.15, 0.2) is 66.4 Å². The fraction of sp³-hybridized carbons (Fsp3) is 0. The molecule has 0 aliphatic rings. The number of pyridine rings is 1. The summed E-state index contributed by atoms with van der Waals surface area (Å²) >= 11 is 1.66. The highest BCUT2D eigenvalue weighted by Crippen LogP contribution is 2.23. The highest BCUT2D eigenvalue weighted by Gasteiger charge is 2.04. The molecule has 1 aromatic carbocycles. The van der Waals surface area contributed by atoms with E-state index in [9.17, 15) is 0 Å². The number of thiophene rings is 1. The molecule has 108 valence electrons. The van der Waals surface area contributed by atoms with Gasteiger partial charge < -0.3 is 0 Å². The minimum Gasteiger partial charge on any atom is -0.263 e. The molecule has 4 rings (SSSR count). The Kier molecular flexibility index (Phi) is 3.55. The second-order valence-corrected chi connectivity index (χ2v) is 5.88. The van der Waals surface area contributed by atoms with Crippen molar-refractivity contribution < 1.29 is 0 Å². The van der Waals surface area contributed by atoms with E-state index in [1.807, 2.05) is 54.0 Å². The summed E-state index contributed by atoms with van der Waals surface area (Å²) in [5.41, 5.74) is 4.43. The van der Waals surface area contributed by atoms with Crippen LogP contribution in [-0.4, -0.2) is 15.0 Å². The lowest BCUT2D eigenvalue weighted by atomic mass is 10.1. The monoisotopic (exact) mass is 313 g/mol. The van der Waals surface area contributed by atoms with E-state index < -0.39 is 0 Å². The van der Waals surface area contributed by atoms with Crippen LogP contribution in [0.5, 0.6) is 0 Å². The van der Waals surface area contributed by atoms with Crippen molar-refractivity contribution in [2.45, 2.75) is 0 Å². The average molecular weight is 313 g/mol. The van der Waals surface area contributed by atoms with Gasteiger partial charge >= 0.3 is 0 Å². The highest BCUT2D eigenvalue weighted by molar-refractivity contribution is 7.13. The van der Waals surface area contributed by atoms with Crippen molar-refractivity contribution in [3.8, 4) is 22.4 Å². The van der Waals surface area contributed by atoms with Crippen LogP contribution in [0.25, 0.3) is 21.6 Å². The predicted molar refractivity (Wildman–Crippen MR) is 93.1 cm³/mol. The molecule has 0 atom stereocenters. The predicted octanol–water partition coefficient (Wildman–Crippen LogP) is 4.15. The van der Waals surface area contributed by atoms with Gasteiger partial charge in [0.15, 0.2) is 0 Å². The number of fused-ring (bicyclic) bond motifs is 1. The van der Waals surface area contributed by atoms with Crippen molar-refractivity contribution in [2.24, 2.45) is 0 Å². The van der Waals surface area contributed by atoms with Crippen LogP contribution in [0, 0.1) is 11.8 Å². The molecular weight excluding hydrogens is 302 g/mol. The smallest absolute Gasteiger partial charge is 0.0992 e. The Bertz CT molecular complexity index is 1010. The third kappa shape index (κ3) is 2.96. The summed E-state index contributed by atoms with van der Waals surface area (Å²) in [7, 11) is 0. The van der Waals surface area contributed by atoms with Crippen molar-refractivity contribution in [3.05, 3.63) is 77.6 Å². The van der Waals surface area contributed by atoms with E-state index >= 15 is 0 Å². The van der Waals surface area contributed by atoms with Crippen molar-refractivity contribution in [3.63, 3.8) is 0 Å². The van der Waals surface area contributed by atoms with Crippen LogP contribution in [0.2, 0.25) is 0 Å². The lowest BCUT2D eigenvalue weighted by Gasteiger charge is -2.00. The molecule has 0 bridgehead atoms. The second-order valence-electron chi connectivity index (χ2n) is 4.93. The summed E-state index contributed by atoms with van der Waals surface area (Å²) < 4.78 is 0. The van der Waals surface area contributed by atoms with Crippen LogP contribution in [0.4, 0.5) is 0 Å². The van der Waals surface area contributed by atoms with E-state index in [0.717, 1.165) is 32.7 Å². The summed E-state index contributed by atoms with van der Waals surface area (Å²) in [6, 6.07) is 13.8. The molecule has 3 aromatic heterocycles. The van der Waals surface area contributed by atoms with E-state index in [-0.39, 0.29) is 0 Å². The van der Waals surface area contributed by atoms with Gasteiger partial charge in [-0.05, 0) is 41.8 Å². The van der Waals surface area contributed by atoms with Crippen molar-refractivity contribution in [1.82, 2.24) is 15.0 Å². The Balaban J connectivity index is 1.74. The first-order chi connectivity index (χ1) is 11.4. The topological polar surface area (TPSA) is 38.7 Å². The van der Waals surface area contributed by atoms with Gasteiger partial charge in [0.25, 0.3) is 0 Å². The van der Waals surface area contributed by atoms with E-state index in [1.165, 1.54) is 0 Å². The van der Waals surface area contributed by atoms with Gasteiger partial charge in [-0.2, -0.15) is 0 Å². The van der Waals surface area contributed by atoms with Crippen molar-refractivity contribution >= 4 is 22.4 Å². The molecule has 0 saturated carbocycles. The van der Waals surface area contributed by atoms with Gasteiger partial charge in [-0.25, -0.2) is 4.98 Å². The van der Waals surface area contributed by atoms with Crippen LogP contribution >= 0.6 is 11.3 Å². The Morgan fingerprint density at radius 3 is 2.65 bits per heavy atom. The quantitative estimate of drug-likeness (QED) is 0.495. The first-order valence-electron chi connectivity index (χ1n) is 7.11. The van der Waals surface area contributed by atoms with Gasteiger partial charge in [-0.15, -0.1) is 11.3 Å². The summed E-state index contributed by atoms with van der Waals surface area (Å²) in [6.45, 7) is 0. The molecule has 0 N–H and O–H groups in total. The molecule has 0 saturated heterocycles. The SMILES string of the molecule is C(#Cc1ccc2ncc(-c3cccs3)nc2c1)c1cccnc1. The van der Waals surface area contributed by atoms with E-state index in [4.69, 9.17) is 4.98 Å². The zero-order valence-electron chi connectivity index (χ0n) is 12.1. The Labute approximate surface area is 137 Å². The maximum absolute atomic E-state index is 4.70. The van der Waals surface area contributed by atoms with Crippen LogP contribution in [0.1, 0.15) is 11.1 Å². The fourth-order valence-electron chi connectivity index (χ4n) is 2.21. The van der Waals surface area contributed by atoms with Gasteiger partial charge in [-0.3, -0.25) is 9.97 Å². The third-order valence-electron chi connectivity index (χ3n) is 3.33. The summed E-state index contributed by atoms with van der Waals surface area (Å²) in [4.78, 5) is 14.4. The van der Waals surface area contributed by atoms with Crippen molar-refractivity contribution in [1.29, 1.82) is 0 Å². The molecule has 0 aliphatic carbocycles. The lowest BCUT2D eigenvalue weighted by Crippen LogP contribution is -1.88. The second kappa shape index (κ2) is 5.99.